The fraction of sp³-hybridized carbons (Fsp3) is 0.875. The number of likely N-dealkylation sites (N-methyl/N-ethyl adjacent to an activating group) is 1. The van der Waals surface area contributed by atoms with Crippen LogP contribution in [0.3, 0.4) is 0 Å². The van der Waals surface area contributed by atoms with Gasteiger partial charge in [-0.2, -0.15) is 0 Å². The highest BCUT2D eigenvalue weighted by Gasteiger charge is 2.38. The maximum Gasteiger partial charge on any atom is 0.320 e. The van der Waals surface area contributed by atoms with E-state index in [4.69, 9.17) is 5.11 Å². The summed E-state index contributed by atoms with van der Waals surface area (Å²) in [6.45, 7) is 4.11. The van der Waals surface area contributed by atoms with Crippen LogP contribution in [0, 0.1) is 5.92 Å². The van der Waals surface area contributed by atoms with E-state index in [1.54, 1.807) is 18.9 Å². The number of nitrogens with zero attached hydrogens (tertiary/aromatic N) is 2. The lowest BCUT2D eigenvalue weighted by atomic mass is 9.86. The molecule has 0 aromatic rings. The zero-order chi connectivity index (χ0) is 15.6. The SMILES string of the molecule is CC1CCC(N(C(=O)CN(C)C(C)C(=O)O)C2CC2)CC1.Cl. The van der Waals surface area contributed by atoms with Gasteiger partial charge in [-0.05, 0) is 58.4 Å². The van der Waals surface area contributed by atoms with Gasteiger partial charge >= 0.3 is 5.97 Å². The highest BCUT2D eigenvalue weighted by molar-refractivity contribution is 5.85. The summed E-state index contributed by atoms with van der Waals surface area (Å²) >= 11 is 0. The first-order valence-corrected chi connectivity index (χ1v) is 8.14. The number of aliphatic carboxylic acids is 1. The lowest BCUT2D eigenvalue weighted by Gasteiger charge is -2.37. The molecule has 22 heavy (non-hydrogen) atoms. The molecule has 2 rings (SSSR count). The normalized spacial score (nSPS) is 26.2. The lowest BCUT2D eigenvalue weighted by molar-refractivity contribution is -0.144. The van der Waals surface area contributed by atoms with Crippen LogP contribution in [-0.2, 0) is 9.59 Å². The predicted octanol–water partition coefficient (Wildman–Crippen LogP) is 2.38. The van der Waals surface area contributed by atoms with E-state index in [0.29, 0.717) is 12.1 Å². The van der Waals surface area contributed by atoms with Crippen LogP contribution in [-0.4, -0.2) is 58.5 Å². The standard InChI is InChI=1S/C16H28N2O3.ClH/c1-11-4-6-13(7-5-11)18(14-8-9-14)15(19)10-17(3)12(2)16(20)21;/h11-14H,4-10H2,1-3H3,(H,20,21);1H. The van der Waals surface area contributed by atoms with E-state index in [0.717, 1.165) is 31.6 Å². The quantitative estimate of drug-likeness (QED) is 0.811. The molecule has 1 N–H and O–H groups in total. The number of hydrogen-bond acceptors (Lipinski definition) is 3. The van der Waals surface area contributed by atoms with Crippen LogP contribution in [0.1, 0.15) is 52.4 Å². The van der Waals surface area contributed by atoms with Gasteiger partial charge in [-0.1, -0.05) is 6.92 Å². The fourth-order valence-corrected chi connectivity index (χ4v) is 3.20. The van der Waals surface area contributed by atoms with Gasteiger partial charge in [0.1, 0.15) is 6.04 Å². The smallest absolute Gasteiger partial charge is 0.320 e. The van der Waals surface area contributed by atoms with Crippen LogP contribution < -0.4 is 0 Å². The van der Waals surface area contributed by atoms with E-state index < -0.39 is 12.0 Å². The van der Waals surface area contributed by atoms with Gasteiger partial charge in [0.2, 0.25) is 5.91 Å². The second-order valence-corrected chi connectivity index (χ2v) is 6.88. The van der Waals surface area contributed by atoms with Gasteiger partial charge in [0.05, 0.1) is 6.54 Å². The molecule has 1 amide bonds. The Morgan fingerprint density at radius 2 is 1.55 bits per heavy atom. The molecule has 0 bridgehead atoms. The Morgan fingerprint density at radius 3 is 1.95 bits per heavy atom. The summed E-state index contributed by atoms with van der Waals surface area (Å²) < 4.78 is 0. The summed E-state index contributed by atoms with van der Waals surface area (Å²) in [5.41, 5.74) is 0. The fourth-order valence-electron chi connectivity index (χ4n) is 3.20. The Hall–Kier alpha value is -0.810. The molecule has 2 aliphatic carbocycles. The molecule has 0 aliphatic heterocycles. The van der Waals surface area contributed by atoms with Crippen molar-refractivity contribution < 1.29 is 14.7 Å². The van der Waals surface area contributed by atoms with Gasteiger partial charge in [0, 0.05) is 12.1 Å². The maximum atomic E-state index is 12.6. The molecule has 0 aromatic heterocycles. The summed E-state index contributed by atoms with van der Waals surface area (Å²) in [7, 11) is 1.71. The first kappa shape index (κ1) is 19.2. The molecule has 2 fully saturated rings. The maximum absolute atomic E-state index is 12.6. The minimum atomic E-state index is -0.880. The Balaban J connectivity index is 0.00000242. The molecule has 0 aromatic carbocycles. The van der Waals surface area contributed by atoms with Crippen molar-refractivity contribution in [3.05, 3.63) is 0 Å². The number of carboxylic acids is 1. The zero-order valence-electron chi connectivity index (χ0n) is 13.8. The number of carbonyl (C=O) groups is 2. The molecule has 6 heteroatoms. The molecule has 2 aliphatic rings. The molecule has 0 radical (unpaired) electrons. The average molecular weight is 333 g/mol. The van der Waals surface area contributed by atoms with Gasteiger partial charge in [-0.25, -0.2) is 0 Å². The molecule has 1 unspecified atom stereocenters. The van der Waals surface area contributed by atoms with Crippen LogP contribution in [0.15, 0.2) is 0 Å². The van der Waals surface area contributed by atoms with E-state index in [9.17, 15) is 9.59 Å². The first-order chi connectivity index (χ1) is 9.90. The van der Waals surface area contributed by atoms with Crippen LogP contribution >= 0.6 is 12.4 Å². The van der Waals surface area contributed by atoms with Crippen molar-refractivity contribution >= 4 is 24.3 Å². The molecule has 128 valence electrons. The third-order valence-electron chi connectivity index (χ3n) is 5.01. The molecule has 0 heterocycles. The third-order valence-corrected chi connectivity index (χ3v) is 5.01. The van der Waals surface area contributed by atoms with Gasteiger partial charge in [-0.15, -0.1) is 12.4 Å². The predicted molar refractivity (Wildman–Crippen MR) is 88.3 cm³/mol. The number of hydrogen-bond donors (Lipinski definition) is 1. The summed E-state index contributed by atoms with van der Waals surface area (Å²) in [4.78, 5) is 27.4. The van der Waals surface area contributed by atoms with Crippen molar-refractivity contribution in [2.75, 3.05) is 13.6 Å². The minimum Gasteiger partial charge on any atom is -0.480 e. The highest BCUT2D eigenvalue weighted by Crippen LogP contribution is 2.35. The summed E-state index contributed by atoms with van der Waals surface area (Å²) in [6, 6.07) is 0.153. The van der Waals surface area contributed by atoms with Gasteiger partial charge in [0.25, 0.3) is 0 Å². The minimum absolute atomic E-state index is 0. The van der Waals surface area contributed by atoms with Crippen LogP contribution in [0.5, 0.6) is 0 Å². The van der Waals surface area contributed by atoms with Gasteiger partial charge < -0.3 is 10.0 Å². The van der Waals surface area contributed by atoms with Gasteiger partial charge in [-0.3, -0.25) is 14.5 Å². The Kier molecular flexibility index (Phi) is 7.13. The topological polar surface area (TPSA) is 60.9 Å². The molecule has 1 atom stereocenters. The number of rotatable bonds is 6. The average Bonchev–Trinajstić information content (AvgIpc) is 3.24. The molecule has 0 saturated heterocycles. The summed E-state index contributed by atoms with van der Waals surface area (Å²) in [6.07, 6.45) is 6.81. The highest BCUT2D eigenvalue weighted by atomic mass is 35.5. The van der Waals surface area contributed by atoms with Crippen LogP contribution in [0.2, 0.25) is 0 Å². The Bertz CT molecular complexity index is 393. The van der Waals surface area contributed by atoms with E-state index >= 15 is 0 Å². The summed E-state index contributed by atoms with van der Waals surface area (Å²) in [5.74, 6) is -0.00507. The zero-order valence-corrected chi connectivity index (χ0v) is 14.6. The van der Waals surface area contributed by atoms with Gasteiger partial charge in [0.15, 0.2) is 0 Å². The number of halogens is 1. The van der Waals surface area contributed by atoms with E-state index in [1.165, 1.54) is 12.8 Å². The van der Waals surface area contributed by atoms with Crippen LogP contribution in [0.4, 0.5) is 0 Å². The van der Waals surface area contributed by atoms with Crippen molar-refractivity contribution in [2.45, 2.75) is 70.5 Å². The molecule has 5 nitrogen and oxygen atoms in total. The molecular formula is C16H29ClN2O3. The number of amides is 1. The number of carboxylic acid groups (broad SMARTS) is 1. The Labute approximate surface area is 139 Å². The van der Waals surface area contributed by atoms with Crippen molar-refractivity contribution in [2.24, 2.45) is 5.92 Å². The monoisotopic (exact) mass is 332 g/mol. The van der Waals surface area contributed by atoms with Crippen molar-refractivity contribution in [1.82, 2.24) is 9.80 Å². The van der Waals surface area contributed by atoms with Crippen molar-refractivity contribution in [1.29, 1.82) is 0 Å². The second kappa shape index (κ2) is 8.16. The van der Waals surface area contributed by atoms with E-state index in [1.807, 2.05) is 0 Å². The summed E-state index contributed by atoms with van der Waals surface area (Å²) in [5, 5.41) is 9.04. The Morgan fingerprint density at radius 1 is 1.09 bits per heavy atom. The van der Waals surface area contributed by atoms with E-state index in [2.05, 4.69) is 11.8 Å². The molecular weight excluding hydrogens is 304 g/mol. The largest absolute Gasteiger partial charge is 0.480 e. The van der Waals surface area contributed by atoms with Crippen molar-refractivity contribution in [3.63, 3.8) is 0 Å². The lowest BCUT2D eigenvalue weighted by Crippen LogP contribution is -2.49. The van der Waals surface area contributed by atoms with E-state index in [-0.39, 0.29) is 24.9 Å². The molecule has 0 spiro atoms. The van der Waals surface area contributed by atoms with Crippen molar-refractivity contribution in [3.8, 4) is 0 Å². The van der Waals surface area contributed by atoms with Crippen LogP contribution in [0.25, 0.3) is 0 Å². The third kappa shape index (κ3) is 4.85. The number of carbonyl (C=O) groups excluding carboxylic acids is 1. The molecule has 2 saturated carbocycles. The first-order valence-electron chi connectivity index (χ1n) is 8.14. The second-order valence-electron chi connectivity index (χ2n) is 6.88.